The Kier molecular flexibility index (Phi) is 9.83. The fraction of sp³-hybridized carbons (Fsp3) is 1.00. The minimum Gasteiger partial charge on any atom is -0.286 e. The smallest absolute Gasteiger partial charge is 0.0628 e. The molecular formula is C32H56FeN8Zn. The van der Waals surface area contributed by atoms with Crippen LogP contribution >= 0.6 is 0 Å². The summed E-state index contributed by atoms with van der Waals surface area (Å²) < 4.78 is 0. The van der Waals surface area contributed by atoms with Crippen LogP contribution in [0.4, 0.5) is 0 Å². The monoisotopic (exact) mass is 672 g/mol. The van der Waals surface area contributed by atoms with Crippen LogP contribution in [0.5, 0.6) is 0 Å². The van der Waals surface area contributed by atoms with E-state index in [-0.39, 0.29) is 36.5 Å². The summed E-state index contributed by atoms with van der Waals surface area (Å²) in [7, 11) is 0. The third kappa shape index (κ3) is 5.47. The van der Waals surface area contributed by atoms with Gasteiger partial charge < -0.3 is 0 Å². The van der Waals surface area contributed by atoms with Crippen molar-refractivity contribution in [2.75, 3.05) is 0 Å². The van der Waals surface area contributed by atoms with E-state index < -0.39 is 0 Å². The predicted molar refractivity (Wildman–Crippen MR) is 157 cm³/mol. The molecule has 0 amide bonds. The van der Waals surface area contributed by atoms with Crippen molar-refractivity contribution in [2.24, 2.45) is 47.3 Å². The van der Waals surface area contributed by atoms with E-state index >= 15 is 0 Å². The van der Waals surface area contributed by atoms with Gasteiger partial charge in [0.05, 0.1) is 49.3 Å². The van der Waals surface area contributed by atoms with E-state index in [2.05, 4.69) is 42.5 Å². The molecule has 9 rings (SSSR count). The number of hydrogen-bond donors (Lipinski definition) is 8. The first-order chi connectivity index (χ1) is 19.8. The molecule has 10 heteroatoms. The topological polar surface area (TPSA) is 96.2 Å². The van der Waals surface area contributed by atoms with Crippen molar-refractivity contribution in [3.8, 4) is 0 Å². The van der Waals surface area contributed by atoms with Gasteiger partial charge in [0.15, 0.2) is 0 Å². The molecule has 42 heavy (non-hydrogen) atoms. The second-order valence-corrected chi connectivity index (χ2v) is 15.6. The van der Waals surface area contributed by atoms with E-state index in [1.165, 1.54) is 103 Å². The molecule has 9 aliphatic rings. The molecule has 0 aromatic rings. The Hall–Kier alpha value is 0.823. The zero-order valence-electron chi connectivity index (χ0n) is 25.6. The van der Waals surface area contributed by atoms with Crippen LogP contribution in [0.25, 0.3) is 0 Å². The van der Waals surface area contributed by atoms with E-state index in [4.69, 9.17) is 0 Å². The van der Waals surface area contributed by atoms with Gasteiger partial charge in [0, 0.05) is 36.5 Å². The van der Waals surface area contributed by atoms with Gasteiger partial charge in [-0.3, -0.25) is 42.5 Å². The van der Waals surface area contributed by atoms with Crippen LogP contribution in [-0.4, -0.2) is 49.3 Å². The van der Waals surface area contributed by atoms with Gasteiger partial charge in [0.2, 0.25) is 0 Å². The Morgan fingerprint density at radius 3 is 0.476 bits per heavy atom. The first-order valence-electron chi connectivity index (χ1n) is 17.9. The normalized spacial score (nSPS) is 54.9. The predicted octanol–water partition coefficient (Wildman–Crippen LogP) is 2.60. The van der Waals surface area contributed by atoms with Crippen molar-refractivity contribution in [1.82, 2.24) is 42.5 Å². The third-order valence-corrected chi connectivity index (χ3v) is 13.8. The maximum absolute atomic E-state index is 4.26. The summed E-state index contributed by atoms with van der Waals surface area (Å²) in [5, 5.41) is 33.8. The minimum atomic E-state index is 0. The quantitative estimate of drug-likeness (QED) is 0.186. The maximum atomic E-state index is 4.26. The fourth-order valence-electron chi connectivity index (χ4n) is 12.0. The van der Waals surface area contributed by atoms with Gasteiger partial charge in [0.25, 0.3) is 0 Å². The van der Waals surface area contributed by atoms with Crippen molar-refractivity contribution in [3.63, 3.8) is 0 Å². The van der Waals surface area contributed by atoms with Gasteiger partial charge >= 0.3 is 0 Å². The Morgan fingerprint density at radius 2 is 0.357 bits per heavy atom. The first-order valence-corrected chi connectivity index (χ1v) is 17.9. The fourth-order valence-corrected chi connectivity index (χ4v) is 12.0. The summed E-state index contributed by atoms with van der Waals surface area (Å²) in [6, 6.07) is 0. The minimum absolute atomic E-state index is 0. The van der Waals surface area contributed by atoms with Crippen LogP contribution in [0.1, 0.15) is 103 Å². The molecule has 9 fully saturated rings. The molecule has 5 aliphatic heterocycles. The van der Waals surface area contributed by atoms with E-state index in [1.54, 1.807) is 0 Å². The summed E-state index contributed by atoms with van der Waals surface area (Å²) in [6.45, 7) is 0. The molecule has 0 aromatic heterocycles. The molecule has 234 valence electrons. The molecule has 4 aliphatic carbocycles. The Balaban J connectivity index is 0.00000144. The summed E-state index contributed by atoms with van der Waals surface area (Å²) in [6.07, 6.45) is 25.6. The van der Waals surface area contributed by atoms with Gasteiger partial charge in [-0.15, -0.1) is 0 Å². The molecule has 8 nitrogen and oxygen atoms in total. The molecular weight excluding hydrogens is 618 g/mol. The van der Waals surface area contributed by atoms with Crippen LogP contribution in [0.15, 0.2) is 0 Å². The standard InChI is InChI=1S/C32H56N8.Fe.Zn/c1-2-10-18-17(9-1)25-33-26(18)38-28-21-13-5-6-14-22(21)30(35-28)40-32-24-16-8-7-15-23(24)31(36-32)39-29-20-12-4-3-11-19(20)27(34-29)37-25;;/h17-40H,1-16H2;;. The van der Waals surface area contributed by atoms with Crippen molar-refractivity contribution >= 4 is 0 Å². The maximum Gasteiger partial charge on any atom is 0.0628 e. The third-order valence-electron chi connectivity index (χ3n) is 13.8. The number of rotatable bonds is 0. The molecule has 0 aromatic carbocycles. The van der Waals surface area contributed by atoms with Crippen molar-refractivity contribution in [1.29, 1.82) is 0 Å². The van der Waals surface area contributed by atoms with Gasteiger partial charge in [-0.2, -0.15) is 0 Å². The molecule has 0 radical (unpaired) electrons. The van der Waals surface area contributed by atoms with Gasteiger partial charge in [-0.25, -0.2) is 0 Å². The van der Waals surface area contributed by atoms with E-state index in [9.17, 15) is 0 Å². The zero-order chi connectivity index (χ0) is 26.2. The molecule has 8 atom stereocenters. The van der Waals surface area contributed by atoms with Crippen molar-refractivity contribution in [2.45, 2.75) is 152 Å². The Labute approximate surface area is 277 Å². The van der Waals surface area contributed by atoms with Crippen LogP contribution in [0.2, 0.25) is 0 Å². The largest absolute Gasteiger partial charge is 0.286 e. The molecule has 8 unspecified atom stereocenters. The Morgan fingerprint density at radius 1 is 0.238 bits per heavy atom. The molecule has 0 spiro atoms. The van der Waals surface area contributed by atoms with Crippen LogP contribution in [0.3, 0.4) is 0 Å². The molecule has 8 N–H and O–H groups in total. The van der Waals surface area contributed by atoms with Gasteiger partial charge in [-0.05, 0) is 98.7 Å². The summed E-state index contributed by atoms with van der Waals surface area (Å²) in [5.41, 5.74) is 0. The van der Waals surface area contributed by atoms with Crippen LogP contribution in [-0.2, 0) is 36.5 Å². The number of fused-ring (bicyclic) bond motifs is 20. The summed E-state index contributed by atoms with van der Waals surface area (Å²) >= 11 is 0. The molecule has 8 bridgehead atoms. The number of nitrogens with one attached hydrogen (secondary N) is 8. The SMILES string of the molecule is C1CCC2C3NC(NC4NC(NC5NC(NC6NC(N3)C3CCCCC63)C3CCCCC53)C3CCCCC43)C2C1.[Fe].[Zn]. The second-order valence-electron chi connectivity index (χ2n) is 15.6. The van der Waals surface area contributed by atoms with Gasteiger partial charge in [0.1, 0.15) is 0 Å². The van der Waals surface area contributed by atoms with Crippen LogP contribution < -0.4 is 42.5 Å². The average Bonchev–Trinajstić information content (AvgIpc) is 3.73. The van der Waals surface area contributed by atoms with Gasteiger partial charge in [-0.1, -0.05) is 51.4 Å². The second kappa shape index (κ2) is 13.1. The Bertz CT molecular complexity index is 723. The van der Waals surface area contributed by atoms with E-state index in [1.807, 2.05) is 0 Å². The summed E-state index contributed by atoms with van der Waals surface area (Å²) in [5.74, 6) is 5.97. The first kappa shape index (κ1) is 31.4. The molecule has 5 saturated heterocycles. The summed E-state index contributed by atoms with van der Waals surface area (Å²) in [4.78, 5) is 0. The van der Waals surface area contributed by atoms with Crippen molar-refractivity contribution in [3.05, 3.63) is 0 Å². The van der Waals surface area contributed by atoms with Crippen molar-refractivity contribution < 1.29 is 36.5 Å². The van der Waals surface area contributed by atoms with E-state index in [0.29, 0.717) is 49.3 Å². The molecule has 4 saturated carbocycles. The average molecular weight is 674 g/mol. The van der Waals surface area contributed by atoms with Crippen LogP contribution in [0, 0.1) is 47.3 Å². The zero-order valence-corrected chi connectivity index (χ0v) is 29.7. The van der Waals surface area contributed by atoms with E-state index in [0.717, 1.165) is 47.3 Å². The number of hydrogen-bond acceptors (Lipinski definition) is 8. The molecule has 5 heterocycles.